The van der Waals surface area contributed by atoms with Gasteiger partial charge in [-0.05, 0) is 52.9 Å². The third-order valence-electron chi connectivity index (χ3n) is 5.94. The zero-order chi connectivity index (χ0) is 29.6. The lowest BCUT2D eigenvalue weighted by atomic mass is 9.86. The molecule has 210 valence electrons. The van der Waals surface area contributed by atoms with Gasteiger partial charge in [0.1, 0.15) is 5.82 Å². The Morgan fingerprint density at radius 2 is 1.75 bits per heavy atom. The predicted octanol–water partition coefficient (Wildman–Crippen LogP) is 7.01. The van der Waals surface area contributed by atoms with Crippen molar-refractivity contribution in [2.45, 2.75) is 32.5 Å². The molecule has 1 heterocycles. The average molecular weight is 580 g/mol. The fourth-order valence-electron chi connectivity index (χ4n) is 4.28. The summed E-state index contributed by atoms with van der Waals surface area (Å²) in [5.74, 6) is -5.00. The van der Waals surface area contributed by atoms with Crippen molar-refractivity contribution in [3.05, 3.63) is 83.6 Å². The lowest BCUT2D eigenvalue weighted by molar-refractivity contribution is -0.275. The Balaban J connectivity index is 2.07. The molecule has 0 bridgehead atoms. The average Bonchev–Trinajstić information content (AvgIpc) is 2.84. The smallest absolute Gasteiger partial charge is 0.573 e. The second-order valence-corrected chi connectivity index (χ2v) is 10.4. The second kappa shape index (κ2) is 10.5. The quantitative estimate of drug-likeness (QED) is 0.195. The van der Waals surface area contributed by atoms with Gasteiger partial charge in [-0.2, -0.15) is 0 Å². The number of carboxylic acid groups (broad SMARTS) is 1. The summed E-state index contributed by atoms with van der Waals surface area (Å²) in [6.45, 7) is 5.21. The van der Waals surface area contributed by atoms with Crippen LogP contribution in [0.1, 0.15) is 36.7 Å². The maximum Gasteiger partial charge on any atom is 0.573 e. The van der Waals surface area contributed by atoms with Gasteiger partial charge in [0, 0.05) is 17.1 Å². The molecule has 1 N–H and O–H groups in total. The molecule has 0 amide bonds. The topological polar surface area (TPSA) is 103 Å². The first kappa shape index (κ1) is 28.9. The van der Waals surface area contributed by atoms with Crippen molar-refractivity contribution in [3.63, 3.8) is 0 Å². The molecule has 0 fully saturated rings. The van der Waals surface area contributed by atoms with Gasteiger partial charge in [-0.1, -0.05) is 39.0 Å². The molecule has 0 spiro atoms. The first-order valence-electron chi connectivity index (χ1n) is 11.5. The van der Waals surface area contributed by atoms with Gasteiger partial charge in [-0.15, -0.1) is 13.2 Å². The monoisotopic (exact) mass is 579 g/mol. The molecule has 0 aliphatic heterocycles. The van der Waals surface area contributed by atoms with Gasteiger partial charge in [0.05, 0.1) is 33.7 Å². The van der Waals surface area contributed by atoms with E-state index in [2.05, 4.69) is 9.72 Å². The molecule has 0 aliphatic rings. The summed E-state index contributed by atoms with van der Waals surface area (Å²) in [5.41, 5.74) is -2.42. The number of carbonyl (C=O) groups is 1. The Hall–Kier alpha value is -4.10. The number of carboxylic acids is 1. The molecular formula is C27H20F5N2O5S-. The van der Waals surface area contributed by atoms with Gasteiger partial charge in [0.15, 0.2) is 11.6 Å². The van der Waals surface area contributed by atoms with Crippen LogP contribution in [0.2, 0.25) is 0 Å². The van der Waals surface area contributed by atoms with Crippen LogP contribution in [0.5, 0.6) is 5.75 Å². The Bertz CT molecular complexity index is 1650. The summed E-state index contributed by atoms with van der Waals surface area (Å²) in [7, 11) is 0. The van der Waals surface area contributed by atoms with Crippen molar-refractivity contribution in [2.75, 3.05) is 4.31 Å². The Morgan fingerprint density at radius 3 is 2.33 bits per heavy atom. The fourth-order valence-corrected chi connectivity index (χ4v) is 4.88. The Morgan fingerprint density at radius 1 is 1.05 bits per heavy atom. The highest BCUT2D eigenvalue weighted by Crippen LogP contribution is 2.45. The summed E-state index contributed by atoms with van der Waals surface area (Å²) >= 11 is -3.23. The molecule has 0 saturated carbocycles. The minimum Gasteiger partial charge on any atom is -0.755 e. The third-order valence-corrected chi connectivity index (χ3v) is 6.65. The van der Waals surface area contributed by atoms with Gasteiger partial charge in [0.2, 0.25) is 0 Å². The van der Waals surface area contributed by atoms with E-state index in [0.717, 1.165) is 24.3 Å². The zero-order valence-electron chi connectivity index (χ0n) is 21.0. The molecular weight excluding hydrogens is 559 g/mol. The molecule has 40 heavy (non-hydrogen) atoms. The molecule has 13 heteroatoms. The van der Waals surface area contributed by atoms with Gasteiger partial charge in [-0.25, -0.2) is 13.6 Å². The first-order chi connectivity index (χ1) is 18.6. The van der Waals surface area contributed by atoms with Crippen molar-refractivity contribution >= 4 is 39.5 Å². The van der Waals surface area contributed by atoms with E-state index >= 15 is 8.78 Å². The van der Waals surface area contributed by atoms with Crippen LogP contribution in [-0.4, -0.2) is 31.2 Å². The Kier molecular flexibility index (Phi) is 7.56. The van der Waals surface area contributed by atoms with E-state index in [4.69, 9.17) is 0 Å². The van der Waals surface area contributed by atoms with Crippen LogP contribution in [0, 0.1) is 11.6 Å². The number of alkyl halides is 3. The number of aromatic carboxylic acids is 1. The number of ether oxygens (including phenoxy) is 1. The molecule has 0 aliphatic carbocycles. The minimum atomic E-state index is -5.29. The summed E-state index contributed by atoms with van der Waals surface area (Å²) in [4.78, 5) is 15.7. The van der Waals surface area contributed by atoms with Crippen molar-refractivity contribution < 1.29 is 45.4 Å². The fraction of sp³-hybridized carbons (Fsp3) is 0.185. The van der Waals surface area contributed by atoms with Gasteiger partial charge < -0.3 is 14.4 Å². The van der Waals surface area contributed by atoms with E-state index < -0.39 is 57.6 Å². The van der Waals surface area contributed by atoms with E-state index in [0.29, 0.717) is 10.4 Å². The molecule has 0 radical (unpaired) electrons. The number of pyridine rings is 1. The van der Waals surface area contributed by atoms with Crippen LogP contribution in [0.3, 0.4) is 0 Å². The van der Waals surface area contributed by atoms with E-state index in [-0.39, 0.29) is 33.3 Å². The number of nitrogens with zero attached hydrogens (tertiary/aromatic N) is 2. The van der Waals surface area contributed by atoms with Crippen LogP contribution >= 0.6 is 0 Å². The van der Waals surface area contributed by atoms with E-state index in [1.165, 1.54) is 30.5 Å². The van der Waals surface area contributed by atoms with Crippen LogP contribution in [0.15, 0.2) is 60.8 Å². The molecule has 4 aromatic rings. The second-order valence-electron chi connectivity index (χ2n) is 9.61. The van der Waals surface area contributed by atoms with Gasteiger partial charge >= 0.3 is 12.3 Å². The summed E-state index contributed by atoms with van der Waals surface area (Å²) in [6.07, 6.45) is -4.03. The van der Waals surface area contributed by atoms with E-state index in [1.54, 1.807) is 20.8 Å². The number of hydrogen-bond donors (Lipinski definition) is 1. The highest BCUT2D eigenvalue weighted by atomic mass is 32.2. The molecule has 1 atom stereocenters. The van der Waals surface area contributed by atoms with Crippen LogP contribution < -0.4 is 9.04 Å². The number of halogens is 5. The standard InChI is InChI=1S/C27H21F5N2O5S/c1-26(2,3)18-9-6-14(13-19(18)28)34(40(37)38)20-10-11-21(39-27(30,31)32)23(29)22(20)15-7-8-17(25(35)36)24-16(15)5-4-12-33-24/h4-13H,1-3H3,(H,35,36)(H,37,38)/p-1. The van der Waals surface area contributed by atoms with E-state index in [1.807, 2.05) is 0 Å². The van der Waals surface area contributed by atoms with Crippen molar-refractivity contribution in [1.82, 2.24) is 4.98 Å². The predicted molar refractivity (Wildman–Crippen MR) is 137 cm³/mol. The molecule has 0 saturated heterocycles. The lowest BCUT2D eigenvalue weighted by Gasteiger charge is -2.30. The van der Waals surface area contributed by atoms with Crippen molar-refractivity contribution in [2.24, 2.45) is 0 Å². The summed E-state index contributed by atoms with van der Waals surface area (Å²) in [6, 6.07) is 9.90. The molecule has 4 rings (SSSR count). The molecule has 3 aromatic carbocycles. The van der Waals surface area contributed by atoms with Crippen LogP contribution in [0.25, 0.3) is 22.0 Å². The molecule has 7 nitrogen and oxygen atoms in total. The van der Waals surface area contributed by atoms with Crippen molar-refractivity contribution in [3.8, 4) is 16.9 Å². The SMILES string of the molecule is CC(C)(C)c1ccc(N(c2ccc(OC(F)(F)F)c(F)c2-c2ccc(C(=O)O)c3ncccc23)S(=O)[O-])cc1F. The normalized spacial score (nSPS) is 12.8. The third kappa shape index (κ3) is 5.61. The number of aromatic nitrogens is 1. The van der Waals surface area contributed by atoms with Gasteiger partial charge in [-0.3, -0.25) is 13.5 Å². The summed E-state index contributed by atoms with van der Waals surface area (Å²) in [5, 5.41) is 9.55. The van der Waals surface area contributed by atoms with E-state index in [9.17, 15) is 31.8 Å². The summed E-state index contributed by atoms with van der Waals surface area (Å²) < 4.78 is 99.5. The van der Waals surface area contributed by atoms with Gasteiger partial charge in [0.25, 0.3) is 0 Å². The number of fused-ring (bicyclic) bond motifs is 1. The lowest BCUT2D eigenvalue weighted by Crippen LogP contribution is -2.23. The first-order valence-corrected chi connectivity index (χ1v) is 12.5. The largest absolute Gasteiger partial charge is 0.755 e. The maximum atomic E-state index is 15.9. The zero-order valence-corrected chi connectivity index (χ0v) is 21.9. The highest BCUT2D eigenvalue weighted by molar-refractivity contribution is 7.81. The Labute approximate surface area is 227 Å². The number of hydrogen-bond acceptors (Lipinski definition) is 5. The van der Waals surface area contributed by atoms with Crippen LogP contribution in [0.4, 0.5) is 33.3 Å². The van der Waals surface area contributed by atoms with Crippen LogP contribution in [-0.2, 0) is 16.7 Å². The molecule has 1 unspecified atom stereocenters. The molecule has 1 aromatic heterocycles. The number of rotatable bonds is 6. The van der Waals surface area contributed by atoms with Crippen molar-refractivity contribution in [1.29, 1.82) is 0 Å². The minimum absolute atomic E-state index is 0.00222. The highest BCUT2D eigenvalue weighted by Gasteiger charge is 2.34. The number of benzene rings is 3. The maximum absolute atomic E-state index is 15.9. The number of anilines is 2.